The molecule has 0 aliphatic heterocycles. The number of hydrogen-bond acceptors (Lipinski definition) is 4. The number of hydrogen-bond donors (Lipinski definition) is 4. The first-order chi connectivity index (χ1) is 5.96. The largest absolute Gasteiger partial charge is 0.507 e. The Balaban J connectivity index is 3.22. The summed E-state index contributed by atoms with van der Waals surface area (Å²) in [4.78, 5) is 10.4. The lowest BCUT2D eigenvalue weighted by Crippen LogP contribution is -2.35. The van der Waals surface area contributed by atoms with E-state index in [1.807, 2.05) is 0 Å². The normalized spacial score (nSPS) is 11.2. The van der Waals surface area contributed by atoms with E-state index in [-0.39, 0.29) is 0 Å². The quantitative estimate of drug-likeness (QED) is 0.469. The third-order valence-electron chi connectivity index (χ3n) is 1.58. The average Bonchev–Trinajstić information content (AvgIpc) is 2.04. The van der Waals surface area contributed by atoms with E-state index in [0.29, 0.717) is 0 Å². The molecule has 70 valence electrons. The number of para-hydroxylation sites is 1. The van der Waals surface area contributed by atoms with Gasteiger partial charge in [0, 0.05) is 0 Å². The van der Waals surface area contributed by atoms with E-state index in [0.717, 1.165) is 6.07 Å². The summed E-state index contributed by atoms with van der Waals surface area (Å²) in [6, 6.07) is 5.11. The van der Waals surface area contributed by atoms with Crippen LogP contribution in [0.25, 0.3) is 0 Å². The molecule has 0 fully saturated rings. The van der Waals surface area contributed by atoms with Crippen LogP contribution in [0.15, 0.2) is 24.3 Å². The molecular formula is C8H8O5. The zero-order chi connectivity index (χ0) is 10.1. The summed E-state index contributed by atoms with van der Waals surface area (Å²) in [5.74, 6) is -5.37. The van der Waals surface area contributed by atoms with Crippen molar-refractivity contribution in [2.24, 2.45) is 0 Å². The molecule has 5 heteroatoms. The van der Waals surface area contributed by atoms with Gasteiger partial charge in [0.15, 0.2) is 0 Å². The zero-order valence-corrected chi connectivity index (χ0v) is 6.51. The number of rotatable bonds is 2. The predicted octanol–water partition coefficient (Wildman–Crippen LogP) is -0.386. The molecule has 0 saturated carbocycles. The molecule has 0 radical (unpaired) electrons. The van der Waals surface area contributed by atoms with Crippen LogP contribution in [0.1, 0.15) is 5.56 Å². The molecule has 0 unspecified atom stereocenters. The van der Waals surface area contributed by atoms with Crippen LogP contribution < -0.4 is 0 Å². The third kappa shape index (κ3) is 1.61. The number of aliphatic hydroxyl groups is 2. The first-order valence-electron chi connectivity index (χ1n) is 3.43. The van der Waals surface area contributed by atoms with Gasteiger partial charge in [-0.05, 0) is 12.1 Å². The number of aromatic hydroxyl groups is 1. The summed E-state index contributed by atoms with van der Waals surface area (Å²) in [5.41, 5.74) is -0.456. The predicted molar refractivity (Wildman–Crippen MR) is 41.9 cm³/mol. The third-order valence-corrected chi connectivity index (χ3v) is 1.58. The Morgan fingerprint density at radius 3 is 2.23 bits per heavy atom. The second-order valence-corrected chi connectivity index (χ2v) is 2.49. The van der Waals surface area contributed by atoms with Crippen LogP contribution in [0.2, 0.25) is 0 Å². The van der Waals surface area contributed by atoms with E-state index in [2.05, 4.69) is 0 Å². The Labute approximate surface area is 73.5 Å². The molecule has 1 aromatic rings. The van der Waals surface area contributed by atoms with E-state index in [9.17, 15) is 4.79 Å². The molecule has 0 heterocycles. The van der Waals surface area contributed by atoms with Gasteiger partial charge in [-0.15, -0.1) is 0 Å². The molecule has 0 amide bonds. The van der Waals surface area contributed by atoms with Crippen LogP contribution in [-0.4, -0.2) is 26.4 Å². The van der Waals surface area contributed by atoms with Crippen LogP contribution in [-0.2, 0) is 10.6 Å². The number of carboxylic acid groups (broad SMARTS) is 1. The van der Waals surface area contributed by atoms with Crippen molar-refractivity contribution < 1.29 is 25.2 Å². The fourth-order valence-electron chi connectivity index (χ4n) is 0.884. The first-order valence-corrected chi connectivity index (χ1v) is 3.43. The summed E-state index contributed by atoms with van der Waals surface area (Å²) in [6.07, 6.45) is 0. The number of aliphatic carboxylic acids is 1. The molecule has 0 aliphatic carbocycles. The molecule has 0 spiro atoms. The van der Waals surface area contributed by atoms with Crippen LogP contribution in [0, 0.1) is 0 Å². The SMILES string of the molecule is O=C(O)C(O)(O)c1ccccc1O. The van der Waals surface area contributed by atoms with Gasteiger partial charge in [-0.2, -0.15) is 0 Å². The van der Waals surface area contributed by atoms with Crippen molar-refractivity contribution in [1.29, 1.82) is 0 Å². The van der Waals surface area contributed by atoms with Gasteiger partial charge >= 0.3 is 5.97 Å². The van der Waals surface area contributed by atoms with Crippen molar-refractivity contribution in [3.05, 3.63) is 29.8 Å². The Morgan fingerprint density at radius 2 is 1.77 bits per heavy atom. The highest BCUT2D eigenvalue weighted by molar-refractivity contribution is 5.77. The summed E-state index contributed by atoms with van der Waals surface area (Å²) < 4.78 is 0. The maximum absolute atomic E-state index is 10.4. The average molecular weight is 184 g/mol. The molecule has 0 saturated heterocycles. The number of phenolic OH excluding ortho intramolecular Hbond substituents is 1. The Kier molecular flexibility index (Phi) is 2.22. The first kappa shape index (κ1) is 9.50. The molecule has 1 rings (SSSR count). The van der Waals surface area contributed by atoms with Crippen LogP contribution in [0.4, 0.5) is 0 Å². The monoisotopic (exact) mass is 184 g/mol. The van der Waals surface area contributed by atoms with E-state index in [4.69, 9.17) is 20.4 Å². The van der Waals surface area contributed by atoms with Gasteiger partial charge in [0.25, 0.3) is 5.79 Å². The summed E-state index contributed by atoms with van der Waals surface area (Å²) in [7, 11) is 0. The fraction of sp³-hybridized carbons (Fsp3) is 0.125. The van der Waals surface area contributed by atoms with Crippen molar-refractivity contribution in [1.82, 2.24) is 0 Å². The van der Waals surface area contributed by atoms with Crippen molar-refractivity contribution >= 4 is 5.97 Å². The summed E-state index contributed by atoms with van der Waals surface area (Å²) >= 11 is 0. The zero-order valence-electron chi connectivity index (χ0n) is 6.51. The van der Waals surface area contributed by atoms with Crippen molar-refractivity contribution in [3.63, 3.8) is 0 Å². The lowest BCUT2D eigenvalue weighted by Gasteiger charge is -2.17. The Morgan fingerprint density at radius 1 is 1.23 bits per heavy atom. The molecule has 0 bridgehead atoms. The number of carbonyl (C=O) groups is 1. The molecular weight excluding hydrogens is 176 g/mol. The highest BCUT2D eigenvalue weighted by atomic mass is 16.5. The lowest BCUT2D eigenvalue weighted by molar-refractivity contribution is -0.208. The Bertz CT molecular complexity index is 331. The minimum absolute atomic E-state index is 0.456. The van der Waals surface area contributed by atoms with Gasteiger partial charge in [0.05, 0.1) is 5.56 Å². The van der Waals surface area contributed by atoms with Crippen molar-refractivity contribution in [2.45, 2.75) is 5.79 Å². The second kappa shape index (κ2) is 3.04. The second-order valence-electron chi connectivity index (χ2n) is 2.49. The van der Waals surface area contributed by atoms with Gasteiger partial charge in [-0.1, -0.05) is 12.1 Å². The number of carboxylic acids is 1. The molecule has 0 aliphatic rings. The van der Waals surface area contributed by atoms with Gasteiger partial charge < -0.3 is 20.4 Å². The maximum atomic E-state index is 10.4. The molecule has 4 N–H and O–H groups in total. The maximum Gasteiger partial charge on any atom is 0.369 e. The molecule has 5 nitrogen and oxygen atoms in total. The summed E-state index contributed by atoms with van der Waals surface area (Å²) in [5, 5.41) is 35.6. The van der Waals surface area contributed by atoms with Crippen LogP contribution in [0.5, 0.6) is 5.75 Å². The van der Waals surface area contributed by atoms with E-state index >= 15 is 0 Å². The fourth-order valence-corrected chi connectivity index (χ4v) is 0.884. The minimum Gasteiger partial charge on any atom is -0.507 e. The van der Waals surface area contributed by atoms with E-state index in [1.165, 1.54) is 18.2 Å². The molecule has 0 atom stereocenters. The van der Waals surface area contributed by atoms with Crippen LogP contribution >= 0.6 is 0 Å². The molecule has 1 aromatic carbocycles. The highest BCUT2D eigenvalue weighted by Gasteiger charge is 2.37. The topological polar surface area (TPSA) is 98.0 Å². The smallest absolute Gasteiger partial charge is 0.369 e. The van der Waals surface area contributed by atoms with Crippen molar-refractivity contribution in [2.75, 3.05) is 0 Å². The molecule has 13 heavy (non-hydrogen) atoms. The molecule has 0 aromatic heterocycles. The van der Waals surface area contributed by atoms with Gasteiger partial charge in [-0.25, -0.2) is 4.79 Å². The minimum atomic E-state index is -3.05. The van der Waals surface area contributed by atoms with E-state index < -0.39 is 23.1 Å². The van der Waals surface area contributed by atoms with Gasteiger partial charge in [0.1, 0.15) is 5.75 Å². The standard InChI is InChI=1S/C8H8O5/c9-6-4-2-1-3-5(6)8(12,13)7(10)11/h1-4,9,12-13H,(H,10,11). The number of benzene rings is 1. The van der Waals surface area contributed by atoms with Crippen LogP contribution in [0.3, 0.4) is 0 Å². The summed E-state index contributed by atoms with van der Waals surface area (Å²) in [6.45, 7) is 0. The number of phenols is 1. The lowest BCUT2D eigenvalue weighted by atomic mass is 10.1. The van der Waals surface area contributed by atoms with E-state index in [1.54, 1.807) is 0 Å². The van der Waals surface area contributed by atoms with Crippen molar-refractivity contribution in [3.8, 4) is 5.75 Å². The van der Waals surface area contributed by atoms with Gasteiger partial charge in [0.2, 0.25) is 0 Å². The van der Waals surface area contributed by atoms with Gasteiger partial charge in [-0.3, -0.25) is 0 Å². The Hall–Kier alpha value is -1.59. The highest BCUT2D eigenvalue weighted by Crippen LogP contribution is 2.26.